The normalized spacial score (nSPS) is 13.7. The van der Waals surface area contributed by atoms with E-state index >= 15 is 0 Å². The summed E-state index contributed by atoms with van der Waals surface area (Å²) in [6.07, 6.45) is 2.20. The minimum absolute atomic E-state index is 0.0580. The van der Waals surface area contributed by atoms with Crippen LogP contribution >= 0.6 is 0 Å². The Balaban J connectivity index is 2.30. The quantitative estimate of drug-likeness (QED) is 0.801. The molecule has 0 saturated heterocycles. The van der Waals surface area contributed by atoms with Crippen LogP contribution in [0.4, 0.5) is 0 Å². The van der Waals surface area contributed by atoms with Crippen molar-refractivity contribution in [2.24, 2.45) is 0 Å². The van der Waals surface area contributed by atoms with E-state index in [-0.39, 0.29) is 12.5 Å². The topological polar surface area (TPSA) is 40.5 Å². The van der Waals surface area contributed by atoms with Crippen molar-refractivity contribution in [1.29, 1.82) is 0 Å². The maximum absolute atomic E-state index is 12.3. The molecule has 0 aromatic heterocycles. The van der Waals surface area contributed by atoms with Crippen LogP contribution in [0.3, 0.4) is 0 Å². The molecule has 18 heavy (non-hydrogen) atoms. The Bertz CT molecular complexity index is 521. The highest BCUT2D eigenvalue weighted by molar-refractivity contribution is 5.96. The number of carbonyl (C=O) groups excluding carboxylic acids is 1. The lowest BCUT2D eigenvalue weighted by molar-refractivity contribution is 0.0784. The Morgan fingerprint density at radius 3 is 2.83 bits per heavy atom. The third-order valence-electron chi connectivity index (χ3n) is 3.28. The minimum Gasteiger partial charge on any atom is -0.384 e. The summed E-state index contributed by atoms with van der Waals surface area (Å²) in [5.41, 5.74) is 2.39. The van der Waals surface area contributed by atoms with Crippen LogP contribution in [0.5, 0.6) is 0 Å². The number of hydrogen-bond donors (Lipinski definition) is 1. The van der Waals surface area contributed by atoms with Crippen molar-refractivity contribution in [2.45, 2.75) is 25.8 Å². The molecule has 0 heterocycles. The first kappa shape index (κ1) is 12.7. The number of amides is 1. The smallest absolute Gasteiger partial charge is 0.254 e. The summed E-state index contributed by atoms with van der Waals surface area (Å²) in [5, 5.41) is 8.72. The number of carbonyl (C=O) groups is 1. The van der Waals surface area contributed by atoms with Crippen molar-refractivity contribution in [3.05, 3.63) is 34.9 Å². The lowest BCUT2D eigenvalue weighted by Gasteiger charge is -2.18. The molecule has 1 fully saturated rings. The van der Waals surface area contributed by atoms with Crippen molar-refractivity contribution >= 4 is 5.91 Å². The number of aliphatic hydroxyl groups excluding tert-OH is 1. The first-order valence-corrected chi connectivity index (χ1v) is 6.11. The highest BCUT2D eigenvalue weighted by Gasteiger charge is 2.30. The SMILES string of the molecule is Cc1c(C#CCO)cccc1C(=O)N(C)C1CC1. The molecule has 0 spiro atoms. The molecule has 2 rings (SSSR count). The molecule has 0 unspecified atom stereocenters. The standard InChI is InChI=1S/C15H17NO2/c1-11-12(6-4-10-17)5-3-7-14(11)15(18)16(2)13-8-9-13/h3,5,7,13,17H,8-10H2,1-2H3. The minimum atomic E-state index is -0.167. The summed E-state index contributed by atoms with van der Waals surface area (Å²) < 4.78 is 0. The van der Waals surface area contributed by atoms with E-state index in [1.165, 1.54) is 0 Å². The Kier molecular flexibility index (Phi) is 3.69. The third kappa shape index (κ3) is 2.55. The van der Waals surface area contributed by atoms with E-state index in [4.69, 9.17) is 5.11 Å². The van der Waals surface area contributed by atoms with E-state index in [1.54, 1.807) is 0 Å². The Labute approximate surface area is 107 Å². The molecular weight excluding hydrogens is 226 g/mol. The zero-order chi connectivity index (χ0) is 13.1. The molecule has 1 aliphatic rings. The van der Waals surface area contributed by atoms with E-state index in [0.29, 0.717) is 11.6 Å². The molecule has 1 aromatic rings. The van der Waals surface area contributed by atoms with Gasteiger partial charge < -0.3 is 10.0 Å². The van der Waals surface area contributed by atoms with E-state index in [1.807, 2.05) is 37.1 Å². The van der Waals surface area contributed by atoms with Gasteiger partial charge in [-0.05, 0) is 37.5 Å². The van der Waals surface area contributed by atoms with Crippen molar-refractivity contribution in [3.8, 4) is 11.8 Å². The highest BCUT2D eigenvalue weighted by atomic mass is 16.2. The van der Waals surface area contributed by atoms with Gasteiger partial charge in [-0.1, -0.05) is 17.9 Å². The predicted octanol–water partition coefficient (Wildman–Crippen LogP) is 1.57. The summed E-state index contributed by atoms with van der Waals surface area (Å²) in [6.45, 7) is 1.73. The van der Waals surface area contributed by atoms with Crippen molar-refractivity contribution in [1.82, 2.24) is 4.90 Å². The Morgan fingerprint density at radius 1 is 1.50 bits per heavy atom. The maximum atomic E-state index is 12.3. The number of benzene rings is 1. The molecule has 3 nitrogen and oxygen atoms in total. The number of nitrogens with zero attached hydrogens (tertiary/aromatic N) is 1. The van der Waals surface area contributed by atoms with Gasteiger partial charge in [0, 0.05) is 24.2 Å². The molecule has 1 N–H and O–H groups in total. The van der Waals surface area contributed by atoms with Crippen LogP contribution in [-0.4, -0.2) is 35.6 Å². The van der Waals surface area contributed by atoms with Gasteiger partial charge in [-0.2, -0.15) is 0 Å². The molecule has 1 saturated carbocycles. The van der Waals surface area contributed by atoms with Gasteiger partial charge in [0.05, 0.1) is 0 Å². The average Bonchev–Trinajstić information content (AvgIpc) is 3.20. The van der Waals surface area contributed by atoms with Crippen molar-refractivity contribution < 1.29 is 9.90 Å². The summed E-state index contributed by atoms with van der Waals surface area (Å²) in [5.74, 6) is 5.55. The van der Waals surface area contributed by atoms with Gasteiger partial charge in [0.15, 0.2) is 0 Å². The van der Waals surface area contributed by atoms with Gasteiger partial charge in [0.2, 0.25) is 0 Å². The molecule has 0 bridgehead atoms. The van der Waals surface area contributed by atoms with Gasteiger partial charge in [0.25, 0.3) is 5.91 Å². The third-order valence-corrected chi connectivity index (χ3v) is 3.28. The van der Waals surface area contributed by atoms with E-state index in [9.17, 15) is 4.79 Å². The molecule has 3 heteroatoms. The fourth-order valence-electron chi connectivity index (χ4n) is 1.96. The molecule has 0 aliphatic heterocycles. The molecule has 1 aromatic carbocycles. The molecule has 1 aliphatic carbocycles. The monoisotopic (exact) mass is 243 g/mol. The number of aliphatic hydroxyl groups is 1. The zero-order valence-corrected chi connectivity index (χ0v) is 10.7. The van der Waals surface area contributed by atoms with E-state index < -0.39 is 0 Å². The van der Waals surface area contributed by atoms with Gasteiger partial charge in [-0.25, -0.2) is 0 Å². The van der Waals surface area contributed by atoms with Gasteiger partial charge >= 0.3 is 0 Å². The summed E-state index contributed by atoms with van der Waals surface area (Å²) in [7, 11) is 1.85. The molecule has 0 atom stereocenters. The van der Waals surface area contributed by atoms with Crippen LogP contribution in [0.15, 0.2) is 18.2 Å². The highest BCUT2D eigenvalue weighted by Crippen LogP contribution is 2.27. The predicted molar refractivity (Wildman–Crippen MR) is 70.3 cm³/mol. The number of rotatable bonds is 2. The fourth-order valence-corrected chi connectivity index (χ4v) is 1.96. The van der Waals surface area contributed by atoms with E-state index in [2.05, 4.69) is 11.8 Å². The second-order valence-corrected chi connectivity index (χ2v) is 4.59. The van der Waals surface area contributed by atoms with Crippen LogP contribution < -0.4 is 0 Å². The van der Waals surface area contributed by atoms with Crippen LogP contribution in [0.1, 0.15) is 34.3 Å². The first-order chi connectivity index (χ1) is 8.65. The Hall–Kier alpha value is -1.79. The van der Waals surface area contributed by atoms with Gasteiger partial charge in [0.1, 0.15) is 6.61 Å². The fraction of sp³-hybridized carbons (Fsp3) is 0.400. The second-order valence-electron chi connectivity index (χ2n) is 4.59. The zero-order valence-electron chi connectivity index (χ0n) is 10.7. The van der Waals surface area contributed by atoms with Crippen LogP contribution in [0.2, 0.25) is 0 Å². The summed E-state index contributed by atoms with van der Waals surface area (Å²) in [4.78, 5) is 14.1. The lowest BCUT2D eigenvalue weighted by atomic mass is 10.0. The van der Waals surface area contributed by atoms with E-state index in [0.717, 1.165) is 24.0 Å². The summed E-state index contributed by atoms with van der Waals surface area (Å²) >= 11 is 0. The molecular formula is C15H17NO2. The van der Waals surface area contributed by atoms with Gasteiger partial charge in [-0.15, -0.1) is 0 Å². The largest absolute Gasteiger partial charge is 0.384 e. The van der Waals surface area contributed by atoms with Crippen LogP contribution in [-0.2, 0) is 0 Å². The summed E-state index contributed by atoms with van der Waals surface area (Å²) in [6, 6.07) is 5.94. The maximum Gasteiger partial charge on any atom is 0.254 e. The molecule has 1 amide bonds. The molecule has 94 valence electrons. The van der Waals surface area contributed by atoms with Crippen molar-refractivity contribution in [3.63, 3.8) is 0 Å². The Morgan fingerprint density at radius 2 is 2.22 bits per heavy atom. The molecule has 0 radical (unpaired) electrons. The lowest BCUT2D eigenvalue weighted by Crippen LogP contribution is -2.29. The van der Waals surface area contributed by atoms with Crippen LogP contribution in [0, 0.1) is 18.8 Å². The second kappa shape index (κ2) is 5.24. The first-order valence-electron chi connectivity index (χ1n) is 6.11. The number of hydrogen-bond acceptors (Lipinski definition) is 2. The van der Waals surface area contributed by atoms with Gasteiger partial charge in [-0.3, -0.25) is 4.79 Å². The average molecular weight is 243 g/mol. The van der Waals surface area contributed by atoms with Crippen LogP contribution in [0.25, 0.3) is 0 Å². The van der Waals surface area contributed by atoms with Crippen molar-refractivity contribution in [2.75, 3.05) is 13.7 Å².